The third kappa shape index (κ3) is 2.39. The first-order valence-corrected chi connectivity index (χ1v) is 5.32. The lowest BCUT2D eigenvalue weighted by Gasteiger charge is -2.16. The Balaban J connectivity index is 2.00. The maximum absolute atomic E-state index is 12.7. The van der Waals surface area contributed by atoms with E-state index in [-0.39, 0.29) is 24.2 Å². The minimum absolute atomic E-state index is 0.0473. The molecule has 4 heteroatoms. The maximum Gasteiger partial charge on any atom is 0.223 e. The molecular formula is C12H14FNO2. The summed E-state index contributed by atoms with van der Waals surface area (Å²) >= 11 is 0. The van der Waals surface area contributed by atoms with Crippen LogP contribution >= 0.6 is 0 Å². The number of aliphatic hydroxyl groups excluding tert-OH is 1. The second-order valence-corrected chi connectivity index (χ2v) is 4.15. The van der Waals surface area contributed by atoms with Crippen LogP contribution in [-0.4, -0.2) is 29.1 Å². The van der Waals surface area contributed by atoms with Crippen LogP contribution < -0.4 is 0 Å². The number of benzene rings is 1. The number of halogens is 1. The number of nitrogens with zero attached hydrogens (tertiary/aromatic N) is 1. The fourth-order valence-electron chi connectivity index (χ4n) is 1.94. The summed E-state index contributed by atoms with van der Waals surface area (Å²) < 4.78 is 12.7. The highest BCUT2D eigenvalue weighted by molar-refractivity contribution is 5.78. The Bertz CT molecular complexity index is 377. The van der Waals surface area contributed by atoms with Gasteiger partial charge >= 0.3 is 0 Å². The Morgan fingerprint density at radius 1 is 1.38 bits per heavy atom. The molecular weight excluding hydrogens is 209 g/mol. The van der Waals surface area contributed by atoms with E-state index in [1.165, 1.54) is 12.1 Å². The van der Waals surface area contributed by atoms with Crippen LogP contribution in [0.3, 0.4) is 0 Å². The average Bonchev–Trinajstić information content (AvgIpc) is 2.63. The highest BCUT2D eigenvalue weighted by Crippen LogP contribution is 2.19. The minimum atomic E-state index is -0.273. The van der Waals surface area contributed by atoms with E-state index in [1.807, 2.05) is 0 Å². The molecule has 2 rings (SSSR count). The van der Waals surface area contributed by atoms with Crippen molar-refractivity contribution in [2.45, 2.75) is 13.0 Å². The zero-order valence-corrected chi connectivity index (χ0v) is 8.90. The van der Waals surface area contributed by atoms with Crippen LogP contribution in [0, 0.1) is 11.7 Å². The summed E-state index contributed by atoms with van der Waals surface area (Å²) in [5.74, 6) is -0.166. The smallest absolute Gasteiger partial charge is 0.223 e. The SMILES string of the molecule is O=C1CC(CO)CN1Cc1ccc(F)cc1. The van der Waals surface area contributed by atoms with Gasteiger partial charge in [0.25, 0.3) is 0 Å². The second kappa shape index (κ2) is 4.61. The average molecular weight is 223 g/mol. The predicted molar refractivity (Wildman–Crippen MR) is 57.0 cm³/mol. The third-order valence-electron chi connectivity index (χ3n) is 2.84. The number of hydrogen-bond acceptors (Lipinski definition) is 2. The normalized spacial score (nSPS) is 20.5. The quantitative estimate of drug-likeness (QED) is 0.835. The molecule has 1 aliphatic heterocycles. The van der Waals surface area contributed by atoms with Crippen molar-refractivity contribution in [2.24, 2.45) is 5.92 Å². The summed E-state index contributed by atoms with van der Waals surface area (Å²) in [6, 6.07) is 6.13. The topological polar surface area (TPSA) is 40.5 Å². The molecule has 0 aliphatic carbocycles. The first-order chi connectivity index (χ1) is 7.69. The molecule has 1 N–H and O–H groups in total. The standard InChI is InChI=1S/C12H14FNO2/c13-11-3-1-9(2-4-11)6-14-7-10(8-15)5-12(14)16/h1-4,10,15H,5-8H2. The lowest BCUT2D eigenvalue weighted by molar-refractivity contribution is -0.128. The van der Waals surface area contributed by atoms with Crippen LogP contribution in [-0.2, 0) is 11.3 Å². The van der Waals surface area contributed by atoms with Crippen molar-refractivity contribution in [3.8, 4) is 0 Å². The van der Waals surface area contributed by atoms with Gasteiger partial charge in [-0.1, -0.05) is 12.1 Å². The van der Waals surface area contributed by atoms with Gasteiger partial charge < -0.3 is 10.0 Å². The van der Waals surface area contributed by atoms with Gasteiger partial charge in [-0.25, -0.2) is 4.39 Å². The van der Waals surface area contributed by atoms with Gasteiger partial charge in [0, 0.05) is 32.0 Å². The molecule has 16 heavy (non-hydrogen) atoms. The number of aliphatic hydroxyl groups is 1. The number of likely N-dealkylation sites (tertiary alicyclic amines) is 1. The Hall–Kier alpha value is -1.42. The Labute approximate surface area is 93.5 Å². The molecule has 3 nitrogen and oxygen atoms in total. The van der Waals surface area contributed by atoms with Crippen molar-refractivity contribution in [3.05, 3.63) is 35.6 Å². The largest absolute Gasteiger partial charge is 0.396 e. The number of carbonyl (C=O) groups excluding carboxylic acids is 1. The fraction of sp³-hybridized carbons (Fsp3) is 0.417. The molecule has 1 amide bonds. The third-order valence-corrected chi connectivity index (χ3v) is 2.84. The van der Waals surface area contributed by atoms with Gasteiger partial charge in [0.2, 0.25) is 5.91 Å². The lowest BCUT2D eigenvalue weighted by Crippen LogP contribution is -2.24. The van der Waals surface area contributed by atoms with Crippen molar-refractivity contribution in [1.82, 2.24) is 4.90 Å². The lowest BCUT2D eigenvalue weighted by atomic mass is 10.1. The van der Waals surface area contributed by atoms with E-state index in [2.05, 4.69) is 0 Å². The van der Waals surface area contributed by atoms with Crippen molar-refractivity contribution in [3.63, 3.8) is 0 Å². The van der Waals surface area contributed by atoms with Gasteiger partial charge in [-0.2, -0.15) is 0 Å². The van der Waals surface area contributed by atoms with Crippen molar-refractivity contribution in [1.29, 1.82) is 0 Å². The van der Waals surface area contributed by atoms with Crippen LogP contribution in [0.5, 0.6) is 0 Å². The molecule has 0 radical (unpaired) electrons. The van der Waals surface area contributed by atoms with Gasteiger partial charge in [-0.05, 0) is 17.7 Å². The molecule has 0 aromatic heterocycles. The molecule has 1 saturated heterocycles. The van der Waals surface area contributed by atoms with Crippen LogP contribution in [0.4, 0.5) is 4.39 Å². The second-order valence-electron chi connectivity index (χ2n) is 4.15. The Morgan fingerprint density at radius 3 is 2.62 bits per heavy atom. The van der Waals surface area contributed by atoms with E-state index >= 15 is 0 Å². The van der Waals surface area contributed by atoms with E-state index in [4.69, 9.17) is 5.11 Å². The van der Waals surface area contributed by atoms with E-state index in [0.717, 1.165) is 5.56 Å². The molecule has 1 fully saturated rings. The van der Waals surface area contributed by atoms with Crippen LogP contribution in [0.1, 0.15) is 12.0 Å². The number of carbonyl (C=O) groups is 1. The number of amides is 1. The number of rotatable bonds is 3. The van der Waals surface area contributed by atoms with E-state index < -0.39 is 0 Å². The molecule has 1 aromatic carbocycles. The molecule has 0 bridgehead atoms. The van der Waals surface area contributed by atoms with Gasteiger partial charge in [-0.3, -0.25) is 4.79 Å². The van der Waals surface area contributed by atoms with Gasteiger partial charge in [0.1, 0.15) is 5.82 Å². The van der Waals surface area contributed by atoms with E-state index in [1.54, 1.807) is 17.0 Å². The molecule has 1 aromatic rings. The summed E-state index contributed by atoms with van der Waals surface area (Å²) in [6.45, 7) is 1.13. The summed E-state index contributed by atoms with van der Waals surface area (Å²) in [5, 5.41) is 8.98. The zero-order valence-electron chi connectivity index (χ0n) is 8.90. The van der Waals surface area contributed by atoms with Gasteiger partial charge in [-0.15, -0.1) is 0 Å². The molecule has 1 unspecified atom stereocenters. The summed E-state index contributed by atoms with van der Waals surface area (Å²) in [7, 11) is 0. The monoisotopic (exact) mass is 223 g/mol. The summed E-state index contributed by atoms with van der Waals surface area (Å²) in [6.07, 6.45) is 0.414. The molecule has 0 saturated carbocycles. The minimum Gasteiger partial charge on any atom is -0.396 e. The van der Waals surface area contributed by atoms with Crippen LogP contribution in [0.2, 0.25) is 0 Å². The molecule has 1 aliphatic rings. The zero-order chi connectivity index (χ0) is 11.5. The van der Waals surface area contributed by atoms with Crippen molar-refractivity contribution >= 4 is 5.91 Å². The molecule has 86 valence electrons. The van der Waals surface area contributed by atoms with Gasteiger partial charge in [0.15, 0.2) is 0 Å². The Morgan fingerprint density at radius 2 is 2.06 bits per heavy atom. The highest BCUT2D eigenvalue weighted by atomic mass is 19.1. The predicted octanol–water partition coefficient (Wildman–Crippen LogP) is 1.17. The Kier molecular flexibility index (Phi) is 3.19. The van der Waals surface area contributed by atoms with E-state index in [9.17, 15) is 9.18 Å². The fourth-order valence-corrected chi connectivity index (χ4v) is 1.94. The first kappa shape index (κ1) is 11.1. The molecule has 0 spiro atoms. The van der Waals surface area contributed by atoms with E-state index in [0.29, 0.717) is 19.5 Å². The summed E-state index contributed by atoms with van der Waals surface area (Å²) in [5.41, 5.74) is 0.910. The molecule has 1 atom stereocenters. The first-order valence-electron chi connectivity index (χ1n) is 5.32. The highest BCUT2D eigenvalue weighted by Gasteiger charge is 2.28. The van der Waals surface area contributed by atoms with Crippen molar-refractivity contribution < 1.29 is 14.3 Å². The summed E-state index contributed by atoms with van der Waals surface area (Å²) in [4.78, 5) is 13.3. The van der Waals surface area contributed by atoms with Crippen LogP contribution in [0.15, 0.2) is 24.3 Å². The number of hydrogen-bond donors (Lipinski definition) is 1. The molecule has 1 heterocycles. The van der Waals surface area contributed by atoms with Crippen LogP contribution in [0.25, 0.3) is 0 Å². The van der Waals surface area contributed by atoms with Gasteiger partial charge in [0.05, 0.1) is 0 Å². The maximum atomic E-state index is 12.7. The van der Waals surface area contributed by atoms with Crippen molar-refractivity contribution in [2.75, 3.05) is 13.2 Å².